The Labute approximate surface area is 142 Å². The molecule has 1 unspecified atom stereocenters. The van der Waals surface area contributed by atoms with E-state index in [-0.39, 0.29) is 11.9 Å². The number of hydrogen-bond donors (Lipinski definition) is 1. The van der Waals surface area contributed by atoms with Gasteiger partial charge in [-0.1, -0.05) is 18.2 Å². The van der Waals surface area contributed by atoms with E-state index in [0.717, 1.165) is 16.6 Å². The van der Waals surface area contributed by atoms with Crippen LogP contribution in [0.15, 0.2) is 51.8 Å². The molecule has 1 amide bonds. The van der Waals surface area contributed by atoms with Gasteiger partial charge in [0, 0.05) is 15.1 Å². The van der Waals surface area contributed by atoms with Gasteiger partial charge in [-0.15, -0.1) is 11.8 Å². The number of carbonyl (C=O) groups is 1. The number of carbonyl (C=O) groups excluding carboxylic acids is 1. The third kappa shape index (κ3) is 3.15. The second-order valence-corrected chi connectivity index (χ2v) is 7.04. The minimum Gasteiger partial charge on any atom is -0.497 e. The molecule has 1 N–H and O–H groups in total. The van der Waals surface area contributed by atoms with Gasteiger partial charge in [0.15, 0.2) is 0 Å². The SMILES string of the molecule is COc1ccc(Br)c(C(=O)NC2CCSc3ccccc32)c1. The molecule has 22 heavy (non-hydrogen) atoms. The van der Waals surface area contributed by atoms with Gasteiger partial charge in [0.05, 0.1) is 18.7 Å². The summed E-state index contributed by atoms with van der Waals surface area (Å²) in [6.45, 7) is 0. The predicted octanol–water partition coefficient (Wildman–Crippen LogP) is 4.42. The second-order valence-electron chi connectivity index (χ2n) is 5.05. The van der Waals surface area contributed by atoms with Crippen LogP contribution in [0, 0.1) is 0 Å². The molecule has 0 fully saturated rings. The van der Waals surface area contributed by atoms with E-state index in [2.05, 4.69) is 33.4 Å². The monoisotopic (exact) mass is 377 g/mol. The van der Waals surface area contributed by atoms with Crippen molar-refractivity contribution in [3.05, 3.63) is 58.1 Å². The lowest BCUT2D eigenvalue weighted by Gasteiger charge is -2.26. The third-order valence-corrected chi connectivity index (χ3v) is 5.50. The Morgan fingerprint density at radius 1 is 1.32 bits per heavy atom. The molecule has 0 bridgehead atoms. The van der Waals surface area contributed by atoms with Crippen molar-refractivity contribution in [1.29, 1.82) is 0 Å². The number of halogens is 1. The second kappa shape index (κ2) is 6.75. The van der Waals surface area contributed by atoms with E-state index in [1.807, 2.05) is 36.0 Å². The van der Waals surface area contributed by atoms with Gasteiger partial charge in [-0.05, 0) is 52.2 Å². The number of benzene rings is 2. The summed E-state index contributed by atoms with van der Waals surface area (Å²) in [5.41, 5.74) is 1.79. The van der Waals surface area contributed by atoms with Gasteiger partial charge < -0.3 is 10.1 Å². The average Bonchev–Trinajstić information content (AvgIpc) is 2.55. The Kier molecular flexibility index (Phi) is 4.74. The van der Waals surface area contributed by atoms with Crippen LogP contribution in [-0.2, 0) is 0 Å². The number of rotatable bonds is 3. The lowest BCUT2D eigenvalue weighted by molar-refractivity contribution is 0.0934. The molecule has 1 heterocycles. The first-order chi connectivity index (χ1) is 10.7. The Balaban J connectivity index is 1.84. The van der Waals surface area contributed by atoms with Gasteiger partial charge in [-0.2, -0.15) is 0 Å². The standard InChI is InChI=1S/C17H16BrNO2S/c1-21-11-6-7-14(18)13(10-11)17(20)19-15-8-9-22-16-5-3-2-4-12(15)16/h2-7,10,15H,8-9H2,1H3,(H,19,20). The maximum Gasteiger partial charge on any atom is 0.253 e. The van der Waals surface area contributed by atoms with Crippen molar-refractivity contribution >= 4 is 33.6 Å². The van der Waals surface area contributed by atoms with Crippen molar-refractivity contribution in [2.24, 2.45) is 0 Å². The first kappa shape index (κ1) is 15.4. The fourth-order valence-corrected chi connectivity index (χ4v) is 4.09. The summed E-state index contributed by atoms with van der Waals surface area (Å²) in [5.74, 6) is 1.60. The van der Waals surface area contributed by atoms with Crippen molar-refractivity contribution in [1.82, 2.24) is 5.32 Å². The van der Waals surface area contributed by atoms with Crippen LogP contribution in [0.5, 0.6) is 5.75 Å². The van der Waals surface area contributed by atoms with E-state index in [1.165, 1.54) is 10.5 Å². The van der Waals surface area contributed by atoms with Crippen LogP contribution in [-0.4, -0.2) is 18.8 Å². The number of nitrogens with one attached hydrogen (secondary N) is 1. The number of fused-ring (bicyclic) bond motifs is 1. The predicted molar refractivity (Wildman–Crippen MR) is 92.7 cm³/mol. The molecule has 2 aromatic rings. The van der Waals surface area contributed by atoms with Crippen molar-refractivity contribution in [3.8, 4) is 5.75 Å². The van der Waals surface area contributed by atoms with E-state index in [9.17, 15) is 4.79 Å². The summed E-state index contributed by atoms with van der Waals surface area (Å²) in [6.07, 6.45) is 0.939. The largest absolute Gasteiger partial charge is 0.497 e. The maximum atomic E-state index is 12.6. The molecule has 3 rings (SSSR count). The molecule has 0 radical (unpaired) electrons. The molecular formula is C17H16BrNO2S. The quantitative estimate of drug-likeness (QED) is 0.859. The Morgan fingerprint density at radius 3 is 2.95 bits per heavy atom. The summed E-state index contributed by atoms with van der Waals surface area (Å²) in [7, 11) is 1.60. The zero-order valence-corrected chi connectivity index (χ0v) is 14.5. The zero-order valence-electron chi connectivity index (χ0n) is 12.1. The Morgan fingerprint density at radius 2 is 2.14 bits per heavy atom. The van der Waals surface area contributed by atoms with Crippen molar-refractivity contribution in [2.75, 3.05) is 12.9 Å². The Bertz CT molecular complexity index is 705. The van der Waals surface area contributed by atoms with Gasteiger partial charge in [0.25, 0.3) is 5.91 Å². The highest BCUT2D eigenvalue weighted by Gasteiger charge is 2.23. The fourth-order valence-electron chi connectivity index (χ4n) is 2.53. The zero-order chi connectivity index (χ0) is 15.5. The van der Waals surface area contributed by atoms with Gasteiger partial charge >= 0.3 is 0 Å². The lowest BCUT2D eigenvalue weighted by atomic mass is 10.0. The minimum absolute atomic E-state index is 0.0584. The molecule has 1 atom stereocenters. The molecule has 114 valence electrons. The van der Waals surface area contributed by atoms with Crippen LogP contribution >= 0.6 is 27.7 Å². The van der Waals surface area contributed by atoms with Crippen LogP contribution in [0.4, 0.5) is 0 Å². The van der Waals surface area contributed by atoms with Gasteiger partial charge in [-0.25, -0.2) is 0 Å². The summed E-state index contributed by atoms with van der Waals surface area (Å²) < 4.78 is 5.97. The Hall–Kier alpha value is -1.46. The van der Waals surface area contributed by atoms with Crippen LogP contribution in [0.1, 0.15) is 28.4 Å². The van der Waals surface area contributed by atoms with Crippen LogP contribution in [0.25, 0.3) is 0 Å². The molecule has 0 spiro atoms. The number of ether oxygens (including phenoxy) is 1. The smallest absolute Gasteiger partial charge is 0.253 e. The molecule has 0 saturated heterocycles. The topological polar surface area (TPSA) is 38.3 Å². The number of thioether (sulfide) groups is 1. The lowest BCUT2D eigenvalue weighted by Crippen LogP contribution is -2.30. The molecule has 1 aliphatic heterocycles. The molecule has 3 nitrogen and oxygen atoms in total. The molecule has 0 saturated carbocycles. The first-order valence-corrected chi connectivity index (χ1v) is 8.83. The summed E-state index contributed by atoms with van der Waals surface area (Å²) in [6, 6.07) is 13.7. The molecule has 5 heteroatoms. The number of methoxy groups -OCH3 is 1. The first-order valence-electron chi connectivity index (χ1n) is 7.05. The van der Waals surface area contributed by atoms with Gasteiger partial charge in [0.1, 0.15) is 5.75 Å². The molecule has 0 aliphatic carbocycles. The van der Waals surface area contributed by atoms with E-state index >= 15 is 0 Å². The van der Waals surface area contributed by atoms with Crippen molar-refractivity contribution in [2.45, 2.75) is 17.4 Å². The van der Waals surface area contributed by atoms with E-state index in [0.29, 0.717) is 11.3 Å². The van der Waals surface area contributed by atoms with E-state index in [1.54, 1.807) is 13.2 Å². The van der Waals surface area contributed by atoms with Gasteiger partial charge in [-0.3, -0.25) is 4.79 Å². The number of hydrogen-bond acceptors (Lipinski definition) is 3. The highest BCUT2D eigenvalue weighted by molar-refractivity contribution is 9.10. The fraction of sp³-hybridized carbons (Fsp3) is 0.235. The van der Waals surface area contributed by atoms with Crippen LogP contribution in [0.3, 0.4) is 0 Å². The van der Waals surface area contributed by atoms with E-state index < -0.39 is 0 Å². The van der Waals surface area contributed by atoms with Crippen molar-refractivity contribution < 1.29 is 9.53 Å². The average molecular weight is 378 g/mol. The van der Waals surface area contributed by atoms with Gasteiger partial charge in [0.2, 0.25) is 0 Å². The third-order valence-electron chi connectivity index (χ3n) is 3.68. The summed E-state index contributed by atoms with van der Waals surface area (Å²) in [4.78, 5) is 13.9. The molecule has 1 aliphatic rings. The maximum absolute atomic E-state index is 12.6. The van der Waals surface area contributed by atoms with Crippen molar-refractivity contribution in [3.63, 3.8) is 0 Å². The number of amides is 1. The minimum atomic E-state index is -0.0857. The summed E-state index contributed by atoms with van der Waals surface area (Å²) >= 11 is 5.28. The van der Waals surface area contributed by atoms with Crippen LogP contribution in [0.2, 0.25) is 0 Å². The molecular weight excluding hydrogens is 362 g/mol. The normalized spacial score (nSPS) is 16.7. The summed E-state index contributed by atoms with van der Waals surface area (Å²) in [5, 5.41) is 3.15. The van der Waals surface area contributed by atoms with Crippen LogP contribution < -0.4 is 10.1 Å². The molecule has 0 aromatic heterocycles. The molecule has 2 aromatic carbocycles. The highest BCUT2D eigenvalue weighted by atomic mass is 79.9. The highest BCUT2D eigenvalue weighted by Crippen LogP contribution is 2.36. The van der Waals surface area contributed by atoms with E-state index in [4.69, 9.17) is 4.74 Å².